The highest BCUT2D eigenvalue weighted by Crippen LogP contribution is 2.24. The molecule has 2 rings (SSSR count). The van der Waals surface area contributed by atoms with Gasteiger partial charge in [0, 0.05) is 26.1 Å². The zero-order chi connectivity index (χ0) is 13.0. The van der Waals surface area contributed by atoms with Crippen LogP contribution in [0.1, 0.15) is 56.7 Å². The molecule has 100 valence electrons. The third-order valence-electron chi connectivity index (χ3n) is 3.23. The lowest BCUT2D eigenvalue weighted by molar-refractivity contribution is -0.119. The van der Waals surface area contributed by atoms with Crippen LogP contribution in [-0.2, 0) is 9.53 Å². The highest BCUT2D eigenvalue weighted by molar-refractivity contribution is 5.73. The average molecular weight is 252 g/mol. The van der Waals surface area contributed by atoms with E-state index in [0.717, 1.165) is 38.3 Å². The monoisotopic (exact) mass is 252 g/mol. The van der Waals surface area contributed by atoms with Crippen molar-refractivity contribution >= 4 is 5.91 Å². The maximum Gasteiger partial charge on any atom is 0.217 e. The molecule has 2 N–H and O–H groups in total. The van der Waals surface area contributed by atoms with Gasteiger partial charge in [0.2, 0.25) is 5.91 Å². The van der Waals surface area contributed by atoms with Gasteiger partial charge in [0.05, 0.1) is 6.04 Å². The van der Waals surface area contributed by atoms with E-state index in [1.54, 1.807) is 0 Å². The first-order valence-corrected chi connectivity index (χ1v) is 6.47. The van der Waals surface area contributed by atoms with Gasteiger partial charge in [-0.05, 0) is 19.3 Å². The molecule has 1 unspecified atom stereocenters. The number of hydrogen-bond donors (Lipinski definition) is 2. The number of hydrogen-bond acceptors (Lipinski definition) is 4. The largest absolute Gasteiger partial charge is 0.381 e. The molecule has 1 saturated heterocycles. The first kappa shape index (κ1) is 13.0. The van der Waals surface area contributed by atoms with Crippen molar-refractivity contribution in [1.29, 1.82) is 0 Å². The molecular formula is C12H20N4O2. The third kappa shape index (κ3) is 3.07. The lowest BCUT2D eigenvalue weighted by atomic mass is 10.00. The van der Waals surface area contributed by atoms with Crippen molar-refractivity contribution in [3.05, 3.63) is 11.6 Å². The molecule has 1 aliphatic rings. The van der Waals surface area contributed by atoms with Gasteiger partial charge in [0.1, 0.15) is 5.82 Å². The van der Waals surface area contributed by atoms with E-state index < -0.39 is 0 Å². The van der Waals surface area contributed by atoms with E-state index in [-0.39, 0.29) is 11.9 Å². The van der Waals surface area contributed by atoms with E-state index in [9.17, 15) is 4.79 Å². The minimum Gasteiger partial charge on any atom is -0.381 e. The van der Waals surface area contributed by atoms with Crippen molar-refractivity contribution in [3.63, 3.8) is 0 Å². The summed E-state index contributed by atoms with van der Waals surface area (Å²) in [5, 5.41) is 10.1. The third-order valence-corrected chi connectivity index (χ3v) is 3.23. The maximum atomic E-state index is 11.1. The molecular weight excluding hydrogens is 232 g/mol. The summed E-state index contributed by atoms with van der Waals surface area (Å²) in [5.41, 5.74) is 0. The molecule has 6 heteroatoms. The highest BCUT2D eigenvalue weighted by Gasteiger charge is 2.22. The second-order valence-electron chi connectivity index (χ2n) is 4.63. The topological polar surface area (TPSA) is 79.9 Å². The zero-order valence-electron chi connectivity index (χ0n) is 10.9. The average Bonchev–Trinajstić information content (AvgIpc) is 2.86. The Balaban J connectivity index is 2.05. The molecule has 0 radical (unpaired) electrons. The first-order valence-electron chi connectivity index (χ1n) is 6.47. The summed E-state index contributed by atoms with van der Waals surface area (Å²) in [6.45, 7) is 5.08. The molecule has 1 amide bonds. The molecule has 1 aromatic heterocycles. The van der Waals surface area contributed by atoms with Crippen LogP contribution in [0.3, 0.4) is 0 Å². The lowest BCUT2D eigenvalue weighted by Gasteiger charge is -2.19. The maximum absolute atomic E-state index is 11.1. The zero-order valence-corrected chi connectivity index (χ0v) is 10.9. The van der Waals surface area contributed by atoms with E-state index in [2.05, 4.69) is 20.5 Å². The molecule has 1 aromatic rings. The number of nitrogens with zero attached hydrogens (tertiary/aromatic N) is 2. The molecule has 1 fully saturated rings. The summed E-state index contributed by atoms with van der Waals surface area (Å²) < 4.78 is 5.33. The highest BCUT2D eigenvalue weighted by atomic mass is 16.5. The van der Waals surface area contributed by atoms with Crippen LogP contribution in [0.25, 0.3) is 0 Å². The van der Waals surface area contributed by atoms with Crippen LogP contribution in [0.4, 0.5) is 0 Å². The van der Waals surface area contributed by atoms with Gasteiger partial charge in [0.25, 0.3) is 0 Å². The van der Waals surface area contributed by atoms with Gasteiger partial charge >= 0.3 is 0 Å². The number of nitrogens with one attached hydrogen (secondary N) is 2. The smallest absolute Gasteiger partial charge is 0.217 e. The first-order chi connectivity index (χ1) is 8.70. The minimum atomic E-state index is -0.104. The Hall–Kier alpha value is -1.43. The van der Waals surface area contributed by atoms with Crippen LogP contribution >= 0.6 is 0 Å². The fraction of sp³-hybridized carbons (Fsp3) is 0.750. The van der Waals surface area contributed by atoms with E-state index >= 15 is 0 Å². The summed E-state index contributed by atoms with van der Waals surface area (Å²) in [5.74, 6) is 1.93. The Bertz CT molecular complexity index is 399. The predicted molar refractivity (Wildman–Crippen MR) is 66.0 cm³/mol. The summed E-state index contributed by atoms with van der Waals surface area (Å²) in [7, 11) is 0. The van der Waals surface area contributed by atoms with Crippen LogP contribution in [0.2, 0.25) is 0 Å². The molecule has 0 saturated carbocycles. The number of aromatic amines is 1. The van der Waals surface area contributed by atoms with Gasteiger partial charge in [-0.1, -0.05) is 6.92 Å². The summed E-state index contributed by atoms with van der Waals surface area (Å²) in [6, 6.07) is -0.104. The van der Waals surface area contributed by atoms with Gasteiger partial charge in [-0.2, -0.15) is 5.10 Å². The molecule has 2 heterocycles. The van der Waals surface area contributed by atoms with Crippen LogP contribution in [0.5, 0.6) is 0 Å². The van der Waals surface area contributed by atoms with Crippen molar-refractivity contribution in [2.45, 2.75) is 45.1 Å². The molecule has 1 aliphatic heterocycles. The van der Waals surface area contributed by atoms with Crippen LogP contribution in [0, 0.1) is 0 Å². The van der Waals surface area contributed by atoms with E-state index in [1.807, 2.05) is 6.92 Å². The molecule has 18 heavy (non-hydrogen) atoms. The summed E-state index contributed by atoms with van der Waals surface area (Å²) in [4.78, 5) is 15.6. The fourth-order valence-electron chi connectivity index (χ4n) is 2.19. The molecule has 0 spiro atoms. The standard InChI is InChI=1S/C12H20N4O2/c1-3-10(13-8(2)17)12-14-11(15-16-12)9-4-6-18-7-5-9/h9-10H,3-7H2,1-2H3,(H,13,17)(H,14,15,16). The minimum absolute atomic E-state index is 0.0562. The van der Waals surface area contributed by atoms with Gasteiger partial charge in [-0.25, -0.2) is 4.98 Å². The molecule has 6 nitrogen and oxygen atoms in total. The summed E-state index contributed by atoms with van der Waals surface area (Å²) in [6.07, 6.45) is 2.74. The number of carbonyl (C=O) groups excluding carboxylic acids is 1. The van der Waals surface area contributed by atoms with Crippen molar-refractivity contribution < 1.29 is 9.53 Å². The predicted octanol–water partition coefficient (Wildman–Crippen LogP) is 1.29. The Labute approximate surface area is 107 Å². The SMILES string of the molecule is CCC(NC(C)=O)c1n[nH]c(C2CCOCC2)n1. The van der Waals surface area contributed by atoms with E-state index in [1.165, 1.54) is 6.92 Å². The van der Waals surface area contributed by atoms with Gasteiger partial charge < -0.3 is 10.1 Å². The molecule has 0 bridgehead atoms. The van der Waals surface area contributed by atoms with E-state index in [4.69, 9.17) is 4.74 Å². The van der Waals surface area contributed by atoms with Gasteiger partial charge in [-0.15, -0.1) is 0 Å². The van der Waals surface area contributed by atoms with Crippen LogP contribution in [-0.4, -0.2) is 34.3 Å². The number of H-pyrrole nitrogens is 1. The van der Waals surface area contributed by atoms with Crippen LogP contribution < -0.4 is 5.32 Å². The number of carbonyl (C=O) groups is 1. The number of aromatic nitrogens is 3. The van der Waals surface area contributed by atoms with E-state index in [0.29, 0.717) is 11.7 Å². The van der Waals surface area contributed by atoms with Crippen LogP contribution in [0.15, 0.2) is 0 Å². The van der Waals surface area contributed by atoms with Gasteiger partial charge in [-0.3, -0.25) is 9.89 Å². The Kier molecular flexibility index (Phi) is 4.30. The second kappa shape index (κ2) is 5.95. The Morgan fingerprint density at radius 1 is 1.56 bits per heavy atom. The lowest BCUT2D eigenvalue weighted by Crippen LogP contribution is -2.26. The molecule has 0 aliphatic carbocycles. The Morgan fingerprint density at radius 3 is 2.89 bits per heavy atom. The Morgan fingerprint density at radius 2 is 2.28 bits per heavy atom. The number of rotatable bonds is 4. The number of amides is 1. The molecule has 1 atom stereocenters. The summed E-state index contributed by atoms with van der Waals surface area (Å²) >= 11 is 0. The van der Waals surface area contributed by atoms with Crippen molar-refractivity contribution in [2.75, 3.05) is 13.2 Å². The van der Waals surface area contributed by atoms with Crippen molar-refractivity contribution in [2.24, 2.45) is 0 Å². The fourth-order valence-corrected chi connectivity index (χ4v) is 2.19. The van der Waals surface area contributed by atoms with Gasteiger partial charge in [0.15, 0.2) is 5.82 Å². The second-order valence-corrected chi connectivity index (χ2v) is 4.63. The number of ether oxygens (including phenoxy) is 1. The van der Waals surface area contributed by atoms with Crippen molar-refractivity contribution in [3.8, 4) is 0 Å². The van der Waals surface area contributed by atoms with Crippen molar-refractivity contribution in [1.82, 2.24) is 20.5 Å². The molecule has 0 aromatic carbocycles. The normalized spacial score (nSPS) is 18.6. The quantitative estimate of drug-likeness (QED) is 0.846.